The molecule has 3 heterocycles. The van der Waals surface area contributed by atoms with Crippen LogP contribution in [0.3, 0.4) is 0 Å². The molecule has 0 saturated carbocycles. The number of hydrogen-bond acceptors (Lipinski definition) is 5. The van der Waals surface area contributed by atoms with Crippen molar-refractivity contribution < 1.29 is 13.5 Å². The van der Waals surface area contributed by atoms with Crippen molar-refractivity contribution in [3.63, 3.8) is 0 Å². The SMILES string of the molecule is Cc1nc2ccc(-c3ccc4c(c3)CN(c3ncnc(C)c3Cc3ccc(F)c(F)c3)CCO4)cc2[nH]1. The van der Waals surface area contributed by atoms with Crippen molar-refractivity contribution in [2.45, 2.75) is 26.8 Å². The number of aromatic amines is 1. The summed E-state index contributed by atoms with van der Waals surface area (Å²) in [6.07, 6.45) is 1.94. The first-order valence-electron chi connectivity index (χ1n) is 12.2. The van der Waals surface area contributed by atoms with Crippen molar-refractivity contribution >= 4 is 16.9 Å². The van der Waals surface area contributed by atoms with Gasteiger partial charge in [0, 0.05) is 29.8 Å². The molecule has 0 fully saturated rings. The molecule has 8 heteroatoms. The van der Waals surface area contributed by atoms with Gasteiger partial charge in [-0.2, -0.15) is 0 Å². The van der Waals surface area contributed by atoms with Gasteiger partial charge in [-0.3, -0.25) is 0 Å². The van der Waals surface area contributed by atoms with E-state index >= 15 is 0 Å². The van der Waals surface area contributed by atoms with Crippen molar-refractivity contribution in [3.8, 4) is 16.9 Å². The molecule has 37 heavy (non-hydrogen) atoms. The standard InChI is InChI=1S/C29H25F2N5O/c1-17-23(11-19-3-6-24(30)25(31)12-19)29(33-16-32-17)36-9-10-37-28-8-5-20(13-22(28)15-36)21-4-7-26-27(14-21)35-18(2)34-26/h3-8,12-14,16H,9-11,15H2,1-2H3,(H,34,35). The van der Waals surface area contributed by atoms with E-state index in [0.717, 1.165) is 62.4 Å². The van der Waals surface area contributed by atoms with Crippen LogP contribution in [0.1, 0.15) is 28.2 Å². The van der Waals surface area contributed by atoms with Crippen LogP contribution in [0.4, 0.5) is 14.6 Å². The molecule has 0 radical (unpaired) electrons. The molecule has 0 aliphatic carbocycles. The summed E-state index contributed by atoms with van der Waals surface area (Å²) in [6.45, 7) is 5.58. The molecule has 6 nitrogen and oxygen atoms in total. The summed E-state index contributed by atoms with van der Waals surface area (Å²) in [5, 5.41) is 0. The Labute approximate surface area is 213 Å². The molecular weight excluding hydrogens is 472 g/mol. The van der Waals surface area contributed by atoms with Gasteiger partial charge in [-0.15, -0.1) is 0 Å². The fraction of sp³-hybridized carbons (Fsp3) is 0.207. The largest absolute Gasteiger partial charge is 0.491 e. The van der Waals surface area contributed by atoms with Crippen LogP contribution in [0.15, 0.2) is 60.9 Å². The Kier molecular flexibility index (Phi) is 5.79. The number of nitrogens with zero attached hydrogens (tertiary/aromatic N) is 4. The zero-order valence-corrected chi connectivity index (χ0v) is 20.6. The number of fused-ring (bicyclic) bond motifs is 2. The maximum absolute atomic E-state index is 13.9. The van der Waals surface area contributed by atoms with Crippen molar-refractivity contribution in [1.29, 1.82) is 0 Å². The summed E-state index contributed by atoms with van der Waals surface area (Å²) in [6, 6.07) is 16.4. The Morgan fingerprint density at radius 3 is 2.65 bits per heavy atom. The highest BCUT2D eigenvalue weighted by Crippen LogP contribution is 2.33. The molecule has 0 bridgehead atoms. The summed E-state index contributed by atoms with van der Waals surface area (Å²) in [4.78, 5) is 19.0. The Morgan fingerprint density at radius 2 is 1.78 bits per heavy atom. The molecule has 5 aromatic rings. The quantitative estimate of drug-likeness (QED) is 0.335. The highest BCUT2D eigenvalue weighted by Gasteiger charge is 2.22. The molecule has 0 saturated heterocycles. The number of aryl methyl sites for hydroxylation is 2. The average molecular weight is 498 g/mol. The molecule has 2 aromatic heterocycles. The Balaban J connectivity index is 1.34. The highest BCUT2D eigenvalue weighted by atomic mass is 19.2. The van der Waals surface area contributed by atoms with Gasteiger partial charge in [-0.05, 0) is 66.9 Å². The number of halogens is 2. The van der Waals surface area contributed by atoms with Gasteiger partial charge in [-0.1, -0.05) is 18.2 Å². The maximum atomic E-state index is 13.9. The predicted octanol–water partition coefficient (Wildman–Crippen LogP) is 5.90. The van der Waals surface area contributed by atoms with E-state index in [9.17, 15) is 8.78 Å². The van der Waals surface area contributed by atoms with Crippen LogP contribution in [-0.4, -0.2) is 33.1 Å². The average Bonchev–Trinajstić information content (AvgIpc) is 3.13. The molecule has 0 atom stereocenters. The number of anilines is 1. The molecule has 0 amide bonds. The number of H-pyrrole nitrogens is 1. The van der Waals surface area contributed by atoms with Crippen LogP contribution in [-0.2, 0) is 13.0 Å². The van der Waals surface area contributed by atoms with Crippen LogP contribution >= 0.6 is 0 Å². The van der Waals surface area contributed by atoms with Crippen LogP contribution in [0.5, 0.6) is 5.75 Å². The maximum Gasteiger partial charge on any atom is 0.159 e. The fourth-order valence-electron chi connectivity index (χ4n) is 4.89. The zero-order chi connectivity index (χ0) is 25.5. The van der Waals surface area contributed by atoms with Gasteiger partial charge in [0.25, 0.3) is 0 Å². The van der Waals surface area contributed by atoms with Crippen molar-refractivity contribution in [1.82, 2.24) is 19.9 Å². The number of hydrogen-bond donors (Lipinski definition) is 1. The third-order valence-electron chi connectivity index (χ3n) is 6.78. The lowest BCUT2D eigenvalue weighted by Crippen LogP contribution is -2.28. The predicted molar refractivity (Wildman–Crippen MR) is 139 cm³/mol. The number of rotatable bonds is 4. The number of ether oxygens (including phenoxy) is 1. The van der Waals surface area contributed by atoms with Gasteiger partial charge >= 0.3 is 0 Å². The van der Waals surface area contributed by atoms with E-state index in [2.05, 4.69) is 49.1 Å². The summed E-state index contributed by atoms with van der Waals surface area (Å²) >= 11 is 0. The Morgan fingerprint density at radius 1 is 0.946 bits per heavy atom. The van der Waals surface area contributed by atoms with E-state index in [1.54, 1.807) is 12.4 Å². The van der Waals surface area contributed by atoms with Gasteiger partial charge in [0.1, 0.15) is 30.3 Å². The summed E-state index contributed by atoms with van der Waals surface area (Å²) < 4.78 is 33.5. The first kappa shape index (κ1) is 23.1. The fourth-order valence-corrected chi connectivity index (χ4v) is 4.89. The minimum Gasteiger partial charge on any atom is -0.491 e. The van der Waals surface area contributed by atoms with Crippen LogP contribution in [0.2, 0.25) is 0 Å². The van der Waals surface area contributed by atoms with Gasteiger partial charge in [0.2, 0.25) is 0 Å². The molecule has 1 aliphatic heterocycles. The monoisotopic (exact) mass is 497 g/mol. The second-order valence-electron chi connectivity index (χ2n) is 9.33. The summed E-state index contributed by atoms with van der Waals surface area (Å²) in [5.74, 6) is 0.786. The van der Waals surface area contributed by atoms with Gasteiger partial charge < -0.3 is 14.6 Å². The zero-order valence-electron chi connectivity index (χ0n) is 20.6. The number of aromatic nitrogens is 4. The lowest BCUT2D eigenvalue weighted by atomic mass is 10.0. The number of benzene rings is 3. The number of nitrogens with one attached hydrogen (secondary N) is 1. The van der Waals surface area contributed by atoms with E-state index in [1.165, 1.54) is 6.07 Å². The van der Waals surface area contributed by atoms with Crippen LogP contribution in [0, 0.1) is 25.5 Å². The van der Waals surface area contributed by atoms with Crippen molar-refractivity contribution in [2.24, 2.45) is 0 Å². The smallest absolute Gasteiger partial charge is 0.159 e. The first-order chi connectivity index (χ1) is 17.9. The lowest BCUT2D eigenvalue weighted by molar-refractivity contribution is 0.331. The van der Waals surface area contributed by atoms with Gasteiger partial charge in [-0.25, -0.2) is 23.7 Å². The third-order valence-corrected chi connectivity index (χ3v) is 6.78. The second kappa shape index (κ2) is 9.28. The normalized spacial score (nSPS) is 13.4. The van der Waals surface area contributed by atoms with E-state index in [0.29, 0.717) is 31.7 Å². The van der Waals surface area contributed by atoms with Crippen LogP contribution in [0.25, 0.3) is 22.2 Å². The van der Waals surface area contributed by atoms with E-state index in [4.69, 9.17) is 4.74 Å². The molecule has 3 aromatic carbocycles. The Hall–Kier alpha value is -4.33. The minimum absolute atomic E-state index is 0.396. The second-order valence-corrected chi connectivity index (χ2v) is 9.33. The van der Waals surface area contributed by atoms with Crippen molar-refractivity contribution in [3.05, 3.63) is 101 Å². The summed E-state index contributed by atoms with van der Waals surface area (Å²) in [7, 11) is 0. The minimum atomic E-state index is -0.860. The molecular formula is C29H25F2N5O. The van der Waals surface area contributed by atoms with Crippen molar-refractivity contribution in [2.75, 3.05) is 18.1 Å². The highest BCUT2D eigenvalue weighted by molar-refractivity contribution is 5.82. The molecule has 0 spiro atoms. The van der Waals surface area contributed by atoms with Gasteiger partial charge in [0.15, 0.2) is 11.6 Å². The summed E-state index contributed by atoms with van der Waals surface area (Å²) in [5.41, 5.74) is 7.51. The topological polar surface area (TPSA) is 66.9 Å². The molecule has 1 aliphatic rings. The third kappa shape index (κ3) is 4.50. The molecule has 1 N–H and O–H groups in total. The molecule has 0 unspecified atom stereocenters. The Bertz CT molecular complexity index is 1630. The molecule has 186 valence electrons. The van der Waals surface area contributed by atoms with E-state index in [-0.39, 0.29) is 0 Å². The van der Waals surface area contributed by atoms with Gasteiger partial charge in [0.05, 0.1) is 17.6 Å². The van der Waals surface area contributed by atoms with E-state index in [1.807, 2.05) is 26.0 Å². The number of imidazole rings is 1. The van der Waals surface area contributed by atoms with Crippen LogP contribution < -0.4 is 9.64 Å². The first-order valence-corrected chi connectivity index (χ1v) is 12.2. The lowest BCUT2D eigenvalue weighted by Gasteiger charge is -2.24. The van der Waals surface area contributed by atoms with E-state index < -0.39 is 11.6 Å². The molecule has 6 rings (SSSR count).